The highest BCUT2D eigenvalue weighted by molar-refractivity contribution is 6.42. The van der Waals surface area contributed by atoms with Crippen LogP contribution in [0.1, 0.15) is 5.56 Å². The van der Waals surface area contributed by atoms with Gasteiger partial charge in [-0.05, 0) is 66.7 Å². The summed E-state index contributed by atoms with van der Waals surface area (Å²) in [5.41, 5.74) is 3.68. The molecule has 5 nitrogen and oxygen atoms in total. The summed E-state index contributed by atoms with van der Waals surface area (Å²) in [6, 6.07) is 18.6. The minimum atomic E-state index is -0.235. The quantitative estimate of drug-likeness (QED) is 0.412. The molecule has 1 fully saturated rings. The molecule has 34 heavy (non-hydrogen) atoms. The second kappa shape index (κ2) is 11.4. The average Bonchev–Trinajstić information content (AvgIpc) is 2.83. The van der Waals surface area contributed by atoms with Crippen molar-refractivity contribution in [3.63, 3.8) is 0 Å². The van der Waals surface area contributed by atoms with Crippen LogP contribution in [0.25, 0.3) is 11.1 Å². The Kier molecular flexibility index (Phi) is 8.35. The van der Waals surface area contributed by atoms with E-state index in [1.54, 1.807) is 30.3 Å². The van der Waals surface area contributed by atoms with Crippen molar-refractivity contribution in [2.24, 2.45) is 0 Å². The zero-order valence-corrected chi connectivity index (χ0v) is 21.1. The van der Waals surface area contributed by atoms with Gasteiger partial charge in [-0.2, -0.15) is 0 Å². The number of amides is 1. The van der Waals surface area contributed by atoms with Crippen molar-refractivity contribution in [1.82, 2.24) is 9.80 Å². The van der Waals surface area contributed by atoms with E-state index < -0.39 is 0 Å². The number of halogens is 3. The lowest BCUT2D eigenvalue weighted by Crippen LogP contribution is -2.43. The van der Waals surface area contributed by atoms with Gasteiger partial charge in [-0.15, -0.1) is 0 Å². The van der Waals surface area contributed by atoms with Gasteiger partial charge in [0.1, 0.15) is 5.75 Å². The van der Waals surface area contributed by atoms with E-state index in [0.29, 0.717) is 26.5 Å². The molecule has 8 heteroatoms. The van der Waals surface area contributed by atoms with Crippen LogP contribution in [0.2, 0.25) is 15.1 Å². The third kappa shape index (κ3) is 6.65. The maximum absolute atomic E-state index is 12.5. The molecule has 178 valence electrons. The Labute approximate surface area is 215 Å². The first-order valence-corrected chi connectivity index (χ1v) is 12.2. The molecule has 0 aliphatic carbocycles. The summed E-state index contributed by atoms with van der Waals surface area (Å²) in [5, 5.41) is 4.48. The van der Waals surface area contributed by atoms with Crippen LogP contribution in [-0.4, -0.2) is 55.5 Å². The lowest BCUT2D eigenvalue weighted by Gasteiger charge is -2.32. The fraction of sp³-hybridized carbons (Fsp3) is 0.269. The Morgan fingerprint density at radius 2 is 1.56 bits per heavy atom. The van der Waals surface area contributed by atoms with Gasteiger partial charge >= 0.3 is 0 Å². The van der Waals surface area contributed by atoms with E-state index >= 15 is 0 Å². The second-order valence-electron chi connectivity index (χ2n) is 8.37. The molecule has 0 bridgehead atoms. The summed E-state index contributed by atoms with van der Waals surface area (Å²) < 4.78 is 5.97. The van der Waals surface area contributed by atoms with Crippen molar-refractivity contribution in [1.29, 1.82) is 0 Å². The summed E-state index contributed by atoms with van der Waals surface area (Å²) in [5.74, 6) is 0.454. The number of carbonyl (C=O) groups excluding carboxylic acids is 1. The van der Waals surface area contributed by atoms with Gasteiger partial charge in [-0.1, -0.05) is 46.9 Å². The smallest absolute Gasteiger partial charge is 0.262 e. The summed E-state index contributed by atoms with van der Waals surface area (Å²) >= 11 is 18.2. The summed E-state index contributed by atoms with van der Waals surface area (Å²) in [4.78, 5) is 17.2. The number of rotatable bonds is 7. The molecule has 1 amide bonds. The number of ether oxygens (including phenoxy) is 1. The first-order valence-electron chi connectivity index (χ1n) is 11.0. The molecule has 0 unspecified atom stereocenters. The Morgan fingerprint density at radius 3 is 2.26 bits per heavy atom. The molecule has 3 aromatic carbocycles. The molecular formula is C26H26Cl3N3O2. The number of anilines is 1. The Bertz CT molecular complexity index is 1150. The van der Waals surface area contributed by atoms with Crippen LogP contribution in [0.5, 0.6) is 5.75 Å². The molecule has 3 aromatic rings. The summed E-state index contributed by atoms with van der Waals surface area (Å²) in [6.45, 7) is 4.63. The highest BCUT2D eigenvalue weighted by Gasteiger charge is 2.17. The van der Waals surface area contributed by atoms with Crippen LogP contribution < -0.4 is 10.1 Å². The van der Waals surface area contributed by atoms with E-state index in [9.17, 15) is 4.79 Å². The van der Waals surface area contributed by atoms with Gasteiger partial charge in [-0.25, -0.2) is 0 Å². The standard InChI is InChI=1S/C26H26Cl3N3O2/c1-31-10-12-32(13-11-31)16-20-14-18(19-2-8-23(28)24(29)15-19)3-9-25(20)34-17-26(33)30-22-6-4-21(27)5-7-22/h2-9,14-15H,10-13,16-17H2,1H3,(H,30,33). The molecule has 0 aromatic heterocycles. The van der Waals surface area contributed by atoms with Crippen molar-refractivity contribution in [3.8, 4) is 16.9 Å². The van der Waals surface area contributed by atoms with Crippen LogP contribution in [0.4, 0.5) is 5.69 Å². The van der Waals surface area contributed by atoms with Crippen LogP contribution in [-0.2, 0) is 11.3 Å². The minimum Gasteiger partial charge on any atom is -0.483 e. The summed E-state index contributed by atoms with van der Waals surface area (Å²) in [7, 11) is 2.13. The third-order valence-corrected chi connectivity index (χ3v) is 6.78. The van der Waals surface area contributed by atoms with Crippen LogP contribution in [0, 0.1) is 0 Å². The van der Waals surface area contributed by atoms with Crippen molar-refractivity contribution in [2.75, 3.05) is 45.2 Å². The average molecular weight is 519 g/mol. The number of piperazine rings is 1. The Hall–Kier alpha value is -2.28. The van der Waals surface area contributed by atoms with Crippen LogP contribution in [0.15, 0.2) is 60.7 Å². The molecule has 1 aliphatic rings. The lowest BCUT2D eigenvalue weighted by atomic mass is 10.0. The largest absolute Gasteiger partial charge is 0.483 e. The molecule has 1 aliphatic heterocycles. The second-order valence-corrected chi connectivity index (χ2v) is 9.63. The number of hydrogen-bond acceptors (Lipinski definition) is 4. The Balaban J connectivity index is 1.51. The normalized spacial score (nSPS) is 14.7. The van der Waals surface area contributed by atoms with E-state index in [4.69, 9.17) is 39.5 Å². The number of nitrogens with zero attached hydrogens (tertiary/aromatic N) is 2. The van der Waals surface area contributed by atoms with E-state index in [1.165, 1.54) is 0 Å². The van der Waals surface area contributed by atoms with Gasteiger partial charge in [0, 0.05) is 49.0 Å². The van der Waals surface area contributed by atoms with Crippen molar-refractivity contribution in [3.05, 3.63) is 81.3 Å². The van der Waals surface area contributed by atoms with Crippen molar-refractivity contribution >= 4 is 46.4 Å². The van der Waals surface area contributed by atoms with E-state index in [0.717, 1.165) is 49.4 Å². The third-order valence-electron chi connectivity index (χ3n) is 5.79. The number of nitrogens with one attached hydrogen (secondary N) is 1. The molecule has 4 rings (SSSR count). The molecule has 0 saturated carbocycles. The summed E-state index contributed by atoms with van der Waals surface area (Å²) in [6.07, 6.45) is 0. The fourth-order valence-electron chi connectivity index (χ4n) is 3.82. The van der Waals surface area contributed by atoms with Gasteiger partial charge in [0.15, 0.2) is 6.61 Å². The molecule has 0 radical (unpaired) electrons. The molecule has 1 heterocycles. The van der Waals surface area contributed by atoms with E-state index in [-0.39, 0.29) is 12.5 Å². The molecular weight excluding hydrogens is 493 g/mol. The highest BCUT2D eigenvalue weighted by atomic mass is 35.5. The molecule has 1 saturated heterocycles. The molecule has 0 spiro atoms. The van der Waals surface area contributed by atoms with Crippen LogP contribution in [0.3, 0.4) is 0 Å². The molecule has 0 atom stereocenters. The zero-order valence-electron chi connectivity index (χ0n) is 18.9. The first-order chi connectivity index (χ1) is 16.4. The number of benzene rings is 3. The van der Waals surface area contributed by atoms with E-state index in [1.807, 2.05) is 24.3 Å². The number of carbonyl (C=O) groups is 1. The number of hydrogen-bond donors (Lipinski definition) is 1. The maximum atomic E-state index is 12.5. The van der Waals surface area contributed by atoms with Gasteiger partial charge < -0.3 is 15.0 Å². The Morgan fingerprint density at radius 1 is 0.882 bits per heavy atom. The predicted octanol–water partition coefficient (Wildman–Crippen LogP) is 6.08. The van der Waals surface area contributed by atoms with Gasteiger partial charge in [-0.3, -0.25) is 9.69 Å². The van der Waals surface area contributed by atoms with Crippen molar-refractivity contribution < 1.29 is 9.53 Å². The maximum Gasteiger partial charge on any atom is 0.262 e. The van der Waals surface area contributed by atoms with Gasteiger partial charge in [0.05, 0.1) is 10.0 Å². The van der Waals surface area contributed by atoms with Crippen LogP contribution >= 0.6 is 34.8 Å². The predicted molar refractivity (Wildman–Crippen MR) is 140 cm³/mol. The lowest BCUT2D eigenvalue weighted by molar-refractivity contribution is -0.118. The zero-order chi connectivity index (χ0) is 24.1. The number of likely N-dealkylation sites (N-methyl/N-ethyl adjacent to an activating group) is 1. The monoisotopic (exact) mass is 517 g/mol. The molecule has 1 N–H and O–H groups in total. The van der Waals surface area contributed by atoms with Gasteiger partial charge in [0.2, 0.25) is 0 Å². The fourth-order valence-corrected chi connectivity index (χ4v) is 4.24. The van der Waals surface area contributed by atoms with E-state index in [2.05, 4.69) is 28.2 Å². The topological polar surface area (TPSA) is 44.8 Å². The first kappa shape index (κ1) is 24.8. The van der Waals surface area contributed by atoms with Gasteiger partial charge in [0.25, 0.3) is 5.91 Å². The van der Waals surface area contributed by atoms with Crippen molar-refractivity contribution in [2.45, 2.75) is 6.54 Å². The minimum absolute atomic E-state index is 0.0928. The highest BCUT2D eigenvalue weighted by Crippen LogP contribution is 2.32. The SMILES string of the molecule is CN1CCN(Cc2cc(-c3ccc(Cl)c(Cl)c3)ccc2OCC(=O)Nc2ccc(Cl)cc2)CC1.